The molecule has 0 unspecified atom stereocenters. The third-order valence-corrected chi connectivity index (χ3v) is 9.37. The lowest BCUT2D eigenvalue weighted by molar-refractivity contribution is -0.245. The first-order valence-corrected chi connectivity index (χ1v) is 17.3. The predicted molar refractivity (Wildman–Crippen MR) is 186 cm³/mol. The van der Waals surface area contributed by atoms with Gasteiger partial charge in [-0.1, -0.05) is 96.7 Å². The first-order chi connectivity index (χ1) is 24.5. The second kappa shape index (κ2) is 17.1. The lowest BCUT2D eigenvalue weighted by atomic mass is 9.99. The molecule has 1 saturated heterocycles. The van der Waals surface area contributed by atoms with E-state index in [1.54, 1.807) is 10.2 Å². The standard InChI is InChI=1S/C37H38N6O6S/c44-23-25-12-14-28(15-13-25)33-21-32(24-50-37-39-41-42-43(37)31-8-2-1-3-9-31)48-36(49-33)29-18-16-27(17-19-29)30-7-4-6-26(20-30)22-38-34(45)10-5-11-35(46)40-47/h1-4,6-9,12-20,32-33,36,44,47H,5,10-11,21-24H2,(H,38,45)(H,40,46)/t32-,33+,36+/m0/s1. The Morgan fingerprint density at radius 3 is 2.36 bits per heavy atom. The fraction of sp³-hybridized carbons (Fsp3) is 0.270. The van der Waals surface area contributed by atoms with Gasteiger partial charge < -0.3 is 19.9 Å². The van der Waals surface area contributed by atoms with Crippen molar-refractivity contribution in [3.63, 3.8) is 0 Å². The minimum Gasteiger partial charge on any atom is -0.392 e. The molecule has 1 aliphatic heterocycles. The Bertz CT molecular complexity index is 1850. The van der Waals surface area contributed by atoms with E-state index in [1.165, 1.54) is 11.8 Å². The molecule has 1 fully saturated rings. The molecule has 1 aliphatic rings. The molecule has 4 N–H and O–H groups in total. The Labute approximate surface area is 293 Å². The van der Waals surface area contributed by atoms with E-state index in [1.807, 2.05) is 103 Å². The molecular weight excluding hydrogens is 657 g/mol. The number of tetrazole rings is 1. The maximum Gasteiger partial charge on any atom is 0.243 e. The molecule has 50 heavy (non-hydrogen) atoms. The van der Waals surface area contributed by atoms with Crippen molar-refractivity contribution in [2.24, 2.45) is 0 Å². The number of rotatable bonds is 14. The van der Waals surface area contributed by atoms with Gasteiger partial charge in [-0.15, -0.1) is 5.10 Å². The highest BCUT2D eigenvalue weighted by Crippen LogP contribution is 2.40. The lowest BCUT2D eigenvalue weighted by Gasteiger charge is -2.36. The number of aliphatic hydroxyl groups excluding tert-OH is 1. The minimum absolute atomic E-state index is 0.0236. The third kappa shape index (κ3) is 9.20. The average Bonchev–Trinajstić information content (AvgIpc) is 3.65. The van der Waals surface area contributed by atoms with Crippen molar-refractivity contribution in [1.29, 1.82) is 0 Å². The minimum atomic E-state index is -0.610. The Morgan fingerprint density at radius 1 is 0.840 bits per heavy atom. The Kier molecular flexibility index (Phi) is 12.0. The summed E-state index contributed by atoms with van der Waals surface area (Å²) >= 11 is 1.53. The summed E-state index contributed by atoms with van der Waals surface area (Å²) in [6, 6.07) is 33.6. The van der Waals surface area contributed by atoms with Gasteiger partial charge in [0, 0.05) is 37.1 Å². The summed E-state index contributed by atoms with van der Waals surface area (Å²) in [6.07, 6.45) is 0.261. The van der Waals surface area contributed by atoms with E-state index in [4.69, 9.17) is 14.7 Å². The van der Waals surface area contributed by atoms with Crippen LogP contribution in [-0.4, -0.2) is 54.2 Å². The molecule has 2 amide bonds. The van der Waals surface area contributed by atoms with Crippen LogP contribution in [0.4, 0.5) is 0 Å². The molecular formula is C37H38N6O6S. The van der Waals surface area contributed by atoms with Crippen molar-refractivity contribution in [2.45, 2.75) is 62.5 Å². The van der Waals surface area contributed by atoms with Crippen LogP contribution in [-0.2, 0) is 32.2 Å². The zero-order valence-electron chi connectivity index (χ0n) is 27.2. The quantitative estimate of drug-likeness (QED) is 0.0669. The van der Waals surface area contributed by atoms with Gasteiger partial charge in [-0.05, 0) is 62.9 Å². The summed E-state index contributed by atoms with van der Waals surface area (Å²) in [7, 11) is 0. The number of nitrogens with one attached hydrogen (secondary N) is 2. The van der Waals surface area contributed by atoms with Crippen molar-refractivity contribution >= 4 is 23.6 Å². The van der Waals surface area contributed by atoms with Gasteiger partial charge >= 0.3 is 0 Å². The molecule has 0 bridgehead atoms. The van der Waals surface area contributed by atoms with E-state index in [-0.39, 0.29) is 37.6 Å². The van der Waals surface area contributed by atoms with Crippen LogP contribution in [0.25, 0.3) is 16.8 Å². The molecule has 3 atom stereocenters. The number of carbonyl (C=O) groups excluding carboxylic acids is 2. The zero-order chi connectivity index (χ0) is 34.7. The normalized spacial score (nSPS) is 17.3. The number of hydroxylamine groups is 1. The van der Waals surface area contributed by atoms with Crippen molar-refractivity contribution in [3.05, 3.63) is 125 Å². The van der Waals surface area contributed by atoms with Gasteiger partial charge in [0.2, 0.25) is 17.0 Å². The van der Waals surface area contributed by atoms with Gasteiger partial charge in [0.15, 0.2) is 6.29 Å². The van der Waals surface area contributed by atoms with E-state index in [9.17, 15) is 14.7 Å². The monoisotopic (exact) mass is 694 g/mol. The molecule has 2 heterocycles. The average molecular weight is 695 g/mol. The van der Waals surface area contributed by atoms with Crippen LogP contribution in [0.15, 0.2) is 108 Å². The van der Waals surface area contributed by atoms with Crippen molar-refractivity contribution < 1.29 is 29.4 Å². The van der Waals surface area contributed by atoms with Crippen LogP contribution < -0.4 is 10.8 Å². The van der Waals surface area contributed by atoms with Gasteiger partial charge in [0.05, 0.1) is 24.5 Å². The second-order valence-corrected chi connectivity index (χ2v) is 12.8. The summed E-state index contributed by atoms with van der Waals surface area (Å²) in [5.74, 6) is -0.0615. The number of nitrogens with zero attached hydrogens (tertiary/aromatic N) is 4. The molecule has 0 spiro atoms. The second-order valence-electron chi connectivity index (χ2n) is 11.9. The molecule has 6 rings (SSSR count). The van der Waals surface area contributed by atoms with Crippen molar-refractivity contribution in [1.82, 2.24) is 31.0 Å². The van der Waals surface area contributed by atoms with Crippen LogP contribution >= 0.6 is 11.8 Å². The molecule has 0 radical (unpaired) electrons. The molecule has 13 heteroatoms. The number of aliphatic hydroxyl groups is 1. The predicted octanol–water partition coefficient (Wildman–Crippen LogP) is 5.45. The highest BCUT2D eigenvalue weighted by atomic mass is 32.2. The number of para-hydroxylation sites is 1. The maximum absolute atomic E-state index is 12.2. The van der Waals surface area contributed by atoms with E-state index < -0.39 is 12.2 Å². The van der Waals surface area contributed by atoms with E-state index in [0.29, 0.717) is 30.3 Å². The number of amides is 2. The summed E-state index contributed by atoms with van der Waals surface area (Å²) in [6.45, 7) is 0.336. The third-order valence-electron chi connectivity index (χ3n) is 8.32. The highest BCUT2D eigenvalue weighted by Gasteiger charge is 2.32. The molecule has 4 aromatic carbocycles. The van der Waals surface area contributed by atoms with Crippen LogP contribution in [0.1, 0.15) is 60.3 Å². The number of hydrogen-bond donors (Lipinski definition) is 4. The summed E-state index contributed by atoms with van der Waals surface area (Å²) < 4.78 is 14.8. The highest BCUT2D eigenvalue weighted by molar-refractivity contribution is 7.99. The summed E-state index contributed by atoms with van der Waals surface area (Å²) in [5, 5.41) is 34.0. The van der Waals surface area contributed by atoms with Gasteiger partial charge in [0.1, 0.15) is 0 Å². The number of thioether (sulfide) groups is 1. The molecule has 1 aromatic heterocycles. The maximum atomic E-state index is 12.2. The molecule has 12 nitrogen and oxygen atoms in total. The largest absolute Gasteiger partial charge is 0.392 e. The van der Waals surface area contributed by atoms with Crippen molar-refractivity contribution in [3.8, 4) is 16.8 Å². The molecule has 258 valence electrons. The Balaban J connectivity index is 1.13. The number of ether oxygens (including phenoxy) is 2. The van der Waals surface area contributed by atoms with Gasteiger partial charge in [-0.3, -0.25) is 14.8 Å². The SMILES string of the molecule is O=C(CCCC(=O)NCc1cccc(-c2ccc([C@@H]3O[C@H](CSc4nnnn4-c4ccccc4)C[C@H](c4ccc(CO)cc4)O3)cc2)c1)NO. The van der Waals surface area contributed by atoms with Crippen LogP contribution in [0.3, 0.4) is 0 Å². The van der Waals surface area contributed by atoms with Crippen LogP contribution in [0.2, 0.25) is 0 Å². The van der Waals surface area contributed by atoms with Gasteiger partial charge in [-0.25, -0.2) is 5.48 Å². The number of benzene rings is 4. The summed E-state index contributed by atoms with van der Waals surface area (Å²) in [5.41, 5.74) is 8.13. The first-order valence-electron chi connectivity index (χ1n) is 16.3. The van der Waals surface area contributed by atoms with Gasteiger partial charge in [-0.2, -0.15) is 4.68 Å². The Morgan fingerprint density at radius 2 is 1.60 bits per heavy atom. The zero-order valence-corrected chi connectivity index (χ0v) is 28.0. The smallest absolute Gasteiger partial charge is 0.243 e. The topological polar surface area (TPSA) is 161 Å². The van der Waals surface area contributed by atoms with Crippen molar-refractivity contribution in [2.75, 3.05) is 5.75 Å². The summed E-state index contributed by atoms with van der Waals surface area (Å²) in [4.78, 5) is 23.4. The molecule has 5 aromatic rings. The fourth-order valence-electron chi connectivity index (χ4n) is 5.64. The number of hydrogen-bond acceptors (Lipinski definition) is 10. The number of aromatic nitrogens is 4. The number of carbonyl (C=O) groups is 2. The van der Waals surface area contributed by atoms with Crippen LogP contribution in [0, 0.1) is 0 Å². The van der Waals surface area contributed by atoms with E-state index >= 15 is 0 Å². The first kappa shape index (κ1) is 34.9. The van der Waals surface area contributed by atoms with E-state index in [0.717, 1.165) is 39.1 Å². The molecule has 0 aliphatic carbocycles. The van der Waals surface area contributed by atoms with E-state index in [2.05, 4.69) is 20.8 Å². The lowest BCUT2D eigenvalue weighted by Crippen LogP contribution is -2.31. The van der Waals surface area contributed by atoms with Gasteiger partial charge in [0.25, 0.3) is 0 Å². The van der Waals surface area contributed by atoms with Crippen LogP contribution in [0.5, 0.6) is 0 Å². The molecule has 0 saturated carbocycles. The fourth-order valence-corrected chi connectivity index (χ4v) is 6.55. The Hall–Kier alpha value is -4.92.